The zero-order chi connectivity index (χ0) is 26.3. The van der Waals surface area contributed by atoms with Gasteiger partial charge in [-0.2, -0.15) is 0 Å². The maximum Gasteiger partial charge on any atom is 0.411 e. The van der Waals surface area contributed by atoms with Crippen LogP contribution < -0.4 is 16.4 Å². The third-order valence-corrected chi connectivity index (χ3v) is 6.33. The van der Waals surface area contributed by atoms with Crippen LogP contribution in [-0.2, 0) is 11.3 Å². The van der Waals surface area contributed by atoms with E-state index in [1.165, 1.54) is 33.4 Å². The molecule has 29 heavy (non-hydrogen) atoms. The van der Waals surface area contributed by atoms with Crippen molar-refractivity contribution in [3.8, 4) is 0 Å². The van der Waals surface area contributed by atoms with Crippen molar-refractivity contribution in [3.05, 3.63) is 50.1 Å². The van der Waals surface area contributed by atoms with E-state index in [4.69, 9.17) is 12.6 Å². The van der Waals surface area contributed by atoms with Gasteiger partial charge in [-0.1, -0.05) is 0 Å². The first kappa shape index (κ1) is 16.1. The lowest BCUT2D eigenvalue weighted by atomic mass is 9.89. The van der Waals surface area contributed by atoms with E-state index in [0.717, 1.165) is 11.3 Å². The maximum atomic E-state index is 12.3. The zero-order valence-electron chi connectivity index (χ0n) is 23.6. The van der Waals surface area contributed by atoms with Crippen LogP contribution in [0.1, 0.15) is 63.8 Å². The number of anilines is 3. The smallest absolute Gasteiger partial charge is 0.411 e. The van der Waals surface area contributed by atoms with E-state index in [1.807, 2.05) is 13.8 Å². The molecule has 0 heterocycles. The third-order valence-electron chi connectivity index (χ3n) is 6.33. The summed E-state index contributed by atoms with van der Waals surface area (Å²) in [5, 5.41) is 5.94. The number of hydrogen-bond donors (Lipinski definition) is 3. The second-order valence-electron chi connectivity index (χ2n) is 7.61. The molecular formula is C24H35N3O2. The number of nitrogens with two attached hydrogens (primary N) is 1. The predicted octanol–water partition coefficient (Wildman–Crippen LogP) is 5.92. The minimum Gasteiger partial charge on any atom is -0.450 e. The Morgan fingerprint density at radius 3 is 1.93 bits per heavy atom. The minimum atomic E-state index is -3.13. The molecule has 5 heteroatoms. The molecule has 0 bridgehead atoms. The number of rotatable bonds is 5. The molecule has 5 nitrogen and oxygen atoms in total. The fraction of sp³-hybridized carbons (Fsp3) is 0.458. The highest BCUT2D eigenvalue weighted by Crippen LogP contribution is 2.37. The van der Waals surface area contributed by atoms with Gasteiger partial charge in [-0.05, 0) is 112 Å². The second-order valence-corrected chi connectivity index (χ2v) is 7.61. The van der Waals surface area contributed by atoms with Crippen molar-refractivity contribution < 1.29 is 16.4 Å². The van der Waals surface area contributed by atoms with E-state index in [-0.39, 0.29) is 5.69 Å². The zero-order valence-corrected chi connectivity index (χ0v) is 18.6. The van der Waals surface area contributed by atoms with Crippen LogP contribution in [0.3, 0.4) is 0 Å². The number of carbonyl (C=O) groups excluding carboxylic acids is 1. The molecule has 0 aliphatic heterocycles. The van der Waals surface area contributed by atoms with Gasteiger partial charge in [0.2, 0.25) is 0 Å². The summed E-state index contributed by atoms with van der Waals surface area (Å²) in [4.78, 5) is 12.3. The third kappa shape index (κ3) is 4.19. The molecule has 2 aromatic carbocycles. The highest BCUT2D eigenvalue weighted by atomic mass is 16.5. The summed E-state index contributed by atoms with van der Waals surface area (Å²) < 4.78 is 41.1. The van der Waals surface area contributed by atoms with Gasteiger partial charge in [0.25, 0.3) is 0 Å². The predicted molar refractivity (Wildman–Crippen MR) is 123 cm³/mol. The van der Waals surface area contributed by atoms with E-state index in [2.05, 4.69) is 50.0 Å². The summed E-state index contributed by atoms with van der Waals surface area (Å²) >= 11 is 0. The van der Waals surface area contributed by atoms with Crippen LogP contribution in [0.4, 0.5) is 21.9 Å². The molecule has 2 aromatic rings. The summed E-state index contributed by atoms with van der Waals surface area (Å²) in [5.74, 6) is 0. The number of nitrogens with one attached hydrogen (secondary N) is 2. The Morgan fingerprint density at radius 1 is 0.862 bits per heavy atom. The number of hydrogen-bond acceptors (Lipinski definition) is 4. The van der Waals surface area contributed by atoms with Crippen molar-refractivity contribution >= 4 is 23.2 Å². The second kappa shape index (κ2) is 8.76. The number of carbonyl (C=O) groups is 1. The maximum absolute atomic E-state index is 12.3. The van der Waals surface area contributed by atoms with Crippen molar-refractivity contribution in [2.75, 3.05) is 22.9 Å². The number of ether oxygens (including phenoxy) is 1. The molecule has 158 valence electrons. The van der Waals surface area contributed by atoms with Crippen molar-refractivity contribution in [2.45, 2.75) is 68.8 Å². The van der Waals surface area contributed by atoms with Crippen LogP contribution in [0.25, 0.3) is 0 Å². The van der Waals surface area contributed by atoms with Crippen LogP contribution in [-0.4, -0.2) is 12.7 Å². The summed E-state index contributed by atoms with van der Waals surface area (Å²) in [7, 11) is 0. The van der Waals surface area contributed by atoms with E-state index in [0.29, 0.717) is 23.4 Å². The van der Waals surface area contributed by atoms with Crippen LogP contribution in [0.15, 0.2) is 0 Å². The average Bonchev–Trinajstić information content (AvgIpc) is 2.73. The summed E-state index contributed by atoms with van der Waals surface area (Å²) in [6.45, 7) is 10.5. The summed E-state index contributed by atoms with van der Waals surface area (Å²) in [6.07, 6.45) is -1.23. The van der Waals surface area contributed by atoms with Crippen molar-refractivity contribution in [1.82, 2.24) is 0 Å². The first-order valence-electron chi connectivity index (χ1n) is 12.1. The van der Waals surface area contributed by atoms with Gasteiger partial charge in [0.1, 0.15) is 0 Å². The Kier molecular flexibility index (Phi) is 4.88. The first-order chi connectivity index (χ1) is 15.4. The normalized spacial score (nSPS) is 14.3. The first-order valence-corrected chi connectivity index (χ1v) is 9.61. The van der Waals surface area contributed by atoms with Gasteiger partial charge in [-0.3, -0.25) is 5.32 Å². The largest absolute Gasteiger partial charge is 0.450 e. The molecule has 0 aliphatic rings. The fourth-order valence-corrected chi connectivity index (χ4v) is 3.80. The lowest BCUT2D eigenvalue weighted by Crippen LogP contribution is -2.17. The van der Waals surface area contributed by atoms with Gasteiger partial charge >= 0.3 is 6.09 Å². The highest BCUT2D eigenvalue weighted by molar-refractivity contribution is 5.94. The molecule has 0 unspecified atom stereocenters. The summed E-state index contributed by atoms with van der Waals surface area (Å²) in [6, 6.07) is 0. The fourth-order valence-electron chi connectivity index (χ4n) is 3.80. The molecule has 0 aliphatic carbocycles. The molecule has 0 fully saturated rings. The average molecular weight is 403 g/mol. The van der Waals surface area contributed by atoms with E-state index >= 15 is 0 Å². The quantitative estimate of drug-likeness (QED) is 0.543. The van der Waals surface area contributed by atoms with Crippen LogP contribution in [0.5, 0.6) is 0 Å². The number of amides is 1. The van der Waals surface area contributed by atoms with E-state index in [1.54, 1.807) is 6.92 Å². The Hall–Kier alpha value is -2.69. The highest BCUT2D eigenvalue weighted by Gasteiger charge is 2.19. The molecule has 0 saturated carbocycles. The van der Waals surface area contributed by atoms with Crippen LogP contribution >= 0.6 is 0 Å². The van der Waals surface area contributed by atoms with Gasteiger partial charge in [-0.25, -0.2) is 4.79 Å². The lowest BCUT2D eigenvalue weighted by molar-refractivity contribution is 0.168. The van der Waals surface area contributed by atoms with Gasteiger partial charge in [0.15, 0.2) is 0 Å². The molecule has 0 saturated heterocycles. The topological polar surface area (TPSA) is 76.4 Å². The van der Waals surface area contributed by atoms with E-state index in [9.17, 15) is 4.79 Å². The van der Waals surface area contributed by atoms with Crippen molar-refractivity contribution in [2.24, 2.45) is 0 Å². The number of benzene rings is 2. The van der Waals surface area contributed by atoms with Crippen molar-refractivity contribution in [1.29, 1.82) is 0 Å². The lowest BCUT2D eigenvalue weighted by Gasteiger charge is -2.23. The SMILES string of the molecule is [2H]C([2H])([2H])C([2H])([2H])OC(=O)Nc1c(C)c(C)c(NCc2c(C)c(C)c(C)c(C)c2C)c(C)c1N. The standard InChI is InChI=1S/C24H35N3O2/c1-10-29-24(28)27-23-18(8)17(7)22(19(9)21(23)25)26-11-20-15(5)13(3)12(2)14(4)16(20)6/h26H,10-11,25H2,1-9H3,(H,27,28)/i1D3,10D2. The summed E-state index contributed by atoms with van der Waals surface area (Å²) in [5.41, 5.74) is 17.6. The minimum absolute atomic E-state index is 0.265. The van der Waals surface area contributed by atoms with Gasteiger partial charge in [-0.15, -0.1) is 0 Å². The molecule has 0 atom stereocenters. The molecule has 0 spiro atoms. The monoisotopic (exact) mass is 402 g/mol. The molecule has 0 radical (unpaired) electrons. The Morgan fingerprint density at radius 2 is 1.38 bits per heavy atom. The Labute approximate surface area is 182 Å². The number of nitrogen functional groups attached to an aromatic ring is 1. The van der Waals surface area contributed by atoms with E-state index < -0.39 is 19.5 Å². The van der Waals surface area contributed by atoms with Crippen molar-refractivity contribution in [3.63, 3.8) is 0 Å². The van der Waals surface area contributed by atoms with Crippen LogP contribution in [0, 0.1) is 55.4 Å². The van der Waals surface area contributed by atoms with Gasteiger partial charge in [0.05, 0.1) is 20.7 Å². The van der Waals surface area contributed by atoms with Gasteiger partial charge in [0, 0.05) is 16.3 Å². The van der Waals surface area contributed by atoms with Crippen LogP contribution in [0.2, 0.25) is 0 Å². The van der Waals surface area contributed by atoms with Gasteiger partial charge < -0.3 is 15.8 Å². The molecule has 4 N–H and O–H groups in total. The Balaban J connectivity index is 2.37. The Bertz CT molecular complexity index is 1080. The molecule has 0 aromatic heterocycles. The molecule has 2 rings (SSSR count). The molecule has 1 amide bonds. The molecular weight excluding hydrogens is 362 g/mol.